The highest BCUT2D eigenvalue weighted by molar-refractivity contribution is 5.62. The van der Waals surface area contributed by atoms with E-state index in [0.29, 0.717) is 0 Å². The molecule has 0 bridgehead atoms. The zero-order valence-corrected chi connectivity index (χ0v) is 11.4. The van der Waals surface area contributed by atoms with Gasteiger partial charge in [-0.05, 0) is 30.2 Å². The Balaban J connectivity index is 1.90. The summed E-state index contributed by atoms with van der Waals surface area (Å²) in [4.78, 5) is 0. The van der Waals surface area contributed by atoms with Crippen LogP contribution < -0.4 is 5.73 Å². The zero-order chi connectivity index (χ0) is 13.9. The molecule has 3 aromatic rings. The van der Waals surface area contributed by atoms with E-state index in [1.54, 1.807) is 0 Å². The molecule has 0 unspecified atom stereocenters. The molecule has 0 saturated heterocycles. The van der Waals surface area contributed by atoms with Crippen LogP contribution in [-0.2, 0) is 0 Å². The summed E-state index contributed by atoms with van der Waals surface area (Å²) in [6.07, 6.45) is 3.92. The van der Waals surface area contributed by atoms with Gasteiger partial charge in [0.25, 0.3) is 0 Å². The van der Waals surface area contributed by atoms with Crippen molar-refractivity contribution in [3.05, 3.63) is 72.6 Å². The molecule has 1 aromatic heterocycles. The van der Waals surface area contributed by atoms with Crippen molar-refractivity contribution in [2.24, 2.45) is 5.73 Å². The average molecular weight is 263 g/mol. The van der Waals surface area contributed by atoms with Crippen LogP contribution in [0.15, 0.2) is 67.0 Å². The molecule has 0 amide bonds. The summed E-state index contributed by atoms with van der Waals surface area (Å²) in [5, 5.41) is 4.42. The quantitative estimate of drug-likeness (QED) is 0.785. The fourth-order valence-corrected chi connectivity index (χ4v) is 2.17. The van der Waals surface area contributed by atoms with Crippen molar-refractivity contribution in [3.63, 3.8) is 0 Å². The van der Waals surface area contributed by atoms with Gasteiger partial charge in [-0.1, -0.05) is 42.5 Å². The van der Waals surface area contributed by atoms with E-state index in [4.69, 9.17) is 5.73 Å². The summed E-state index contributed by atoms with van der Waals surface area (Å²) in [7, 11) is 0. The van der Waals surface area contributed by atoms with Gasteiger partial charge in [-0.25, -0.2) is 4.68 Å². The SMILES string of the molecule is C[C@H](N)c1ccc(-n2cc(-c3ccccc3)cn2)cc1. The van der Waals surface area contributed by atoms with Gasteiger partial charge in [0, 0.05) is 17.8 Å². The van der Waals surface area contributed by atoms with Crippen LogP contribution in [0.5, 0.6) is 0 Å². The number of benzene rings is 2. The van der Waals surface area contributed by atoms with E-state index in [-0.39, 0.29) is 6.04 Å². The molecule has 0 spiro atoms. The summed E-state index contributed by atoms with van der Waals surface area (Å²) in [5.41, 5.74) is 10.3. The molecule has 1 heterocycles. The Morgan fingerprint density at radius 3 is 2.30 bits per heavy atom. The Hall–Kier alpha value is -2.39. The predicted octanol–water partition coefficient (Wildman–Crippen LogP) is 3.56. The standard InChI is InChI=1S/C17H17N3/c1-13(18)14-7-9-17(10-8-14)20-12-16(11-19-20)15-5-3-2-4-6-15/h2-13H,18H2,1H3/t13-/m0/s1. The predicted molar refractivity (Wildman–Crippen MR) is 81.6 cm³/mol. The first-order valence-corrected chi connectivity index (χ1v) is 6.70. The second-order valence-corrected chi connectivity index (χ2v) is 4.92. The molecule has 3 nitrogen and oxygen atoms in total. The summed E-state index contributed by atoms with van der Waals surface area (Å²) in [6.45, 7) is 1.98. The highest BCUT2D eigenvalue weighted by Gasteiger charge is 2.04. The second-order valence-electron chi connectivity index (χ2n) is 4.92. The Bertz CT molecular complexity index is 682. The van der Waals surface area contributed by atoms with Crippen LogP contribution in [0.2, 0.25) is 0 Å². The number of hydrogen-bond donors (Lipinski definition) is 1. The van der Waals surface area contributed by atoms with E-state index >= 15 is 0 Å². The molecule has 3 rings (SSSR count). The first-order chi connectivity index (χ1) is 9.74. The van der Waals surface area contributed by atoms with Crippen LogP contribution in [0, 0.1) is 0 Å². The topological polar surface area (TPSA) is 43.8 Å². The molecule has 0 aliphatic carbocycles. The Morgan fingerprint density at radius 2 is 1.65 bits per heavy atom. The molecule has 1 atom stereocenters. The highest BCUT2D eigenvalue weighted by atomic mass is 15.3. The van der Waals surface area contributed by atoms with Crippen LogP contribution in [0.4, 0.5) is 0 Å². The van der Waals surface area contributed by atoms with Gasteiger partial charge in [-0.15, -0.1) is 0 Å². The van der Waals surface area contributed by atoms with Crippen LogP contribution >= 0.6 is 0 Å². The minimum absolute atomic E-state index is 0.0570. The van der Waals surface area contributed by atoms with E-state index in [1.165, 1.54) is 5.56 Å². The van der Waals surface area contributed by atoms with Crippen molar-refractivity contribution < 1.29 is 0 Å². The van der Waals surface area contributed by atoms with Gasteiger partial charge in [0.1, 0.15) is 0 Å². The van der Waals surface area contributed by atoms with Gasteiger partial charge in [-0.2, -0.15) is 5.10 Å². The van der Waals surface area contributed by atoms with Gasteiger partial charge in [0.15, 0.2) is 0 Å². The lowest BCUT2D eigenvalue weighted by molar-refractivity contribution is 0.814. The van der Waals surface area contributed by atoms with Crippen LogP contribution in [-0.4, -0.2) is 9.78 Å². The molecular weight excluding hydrogens is 246 g/mol. The lowest BCUT2D eigenvalue weighted by Gasteiger charge is -2.06. The highest BCUT2D eigenvalue weighted by Crippen LogP contribution is 2.20. The molecule has 0 aliphatic rings. The summed E-state index contributed by atoms with van der Waals surface area (Å²) in [6, 6.07) is 18.5. The lowest BCUT2D eigenvalue weighted by Crippen LogP contribution is -2.05. The molecule has 0 saturated carbocycles. The molecule has 2 N–H and O–H groups in total. The van der Waals surface area contributed by atoms with Crippen molar-refractivity contribution in [2.75, 3.05) is 0 Å². The molecule has 100 valence electrons. The Morgan fingerprint density at radius 1 is 0.950 bits per heavy atom. The molecule has 2 aromatic carbocycles. The maximum absolute atomic E-state index is 5.86. The molecular formula is C17H17N3. The van der Waals surface area contributed by atoms with Gasteiger partial charge in [0.2, 0.25) is 0 Å². The summed E-state index contributed by atoms with van der Waals surface area (Å²) >= 11 is 0. The van der Waals surface area contributed by atoms with Crippen LogP contribution in [0.1, 0.15) is 18.5 Å². The van der Waals surface area contributed by atoms with Crippen LogP contribution in [0.25, 0.3) is 16.8 Å². The smallest absolute Gasteiger partial charge is 0.0646 e. The third-order valence-electron chi connectivity index (χ3n) is 3.37. The molecule has 0 radical (unpaired) electrons. The minimum Gasteiger partial charge on any atom is -0.324 e. The molecule has 20 heavy (non-hydrogen) atoms. The lowest BCUT2D eigenvalue weighted by atomic mass is 10.1. The second kappa shape index (κ2) is 5.31. The fourth-order valence-electron chi connectivity index (χ4n) is 2.17. The Labute approximate surface area is 118 Å². The van der Waals surface area contributed by atoms with Gasteiger partial charge >= 0.3 is 0 Å². The summed E-state index contributed by atoms with van der Waals surface area (Å²) in [5.74, 6) is 0. The maximum Gasteiger partial charge on any atom is 0.0646 e. The van der Waals surface area contributed by atoms with Crippen molar-refractivity contribution in [3.8, 4) is 16.8 Å². The first kappa shape index (κ1) is 12.6. The first-order valence-electron chi connectivity index (χ1n) is 6.70. The number of nitrogens with two attached hydrogens (primary N) is 1. The normalized spacial score (nSPS) is 12.3. The van der Waals surface area contributed by atoms with Crippen molar-refractivity contribution in [2.45, 2.75) is 13.0 Å². The number of hydrogen-bond acceptors (Lipinski definition) is 2. The minimum atomic E-state index is 0.0570. The third kappa shape index (κ3) is 2.49. The number of rotatable bonds is 3. The monoisotopic (exact) mass is 263 g/mol. The summed E-state index contributed by atoms with van der Waals surface area (Å²) < 4.78 is 1.88. The van der Waals surface area contributed by atoms with E-state index < -0.39 is 0 Å². The van der Waals surface area contributed by atoms with Crippen molar-refractivity contribution >= 4 is 0 Å². The van der Waals surface area contributed by atoms with Gasteiger partial charge in [-0.3, -0.25) is 0 Å². The van der Waals surface area contributed by atoms with E-state index in [2.05, 4.69) is 17.2 Å². The third-order valence-corrected chi connectivity index (χ3v) is 3.37. The van der Waals surface area contributed by atoms with Gasteiger partial charge in [0.05, 0.1) is 11.9 Å². The molecule has 3 heteroatoms. The van der Waals surface area contributed by atoms with Crippen molar-refractivity contribution in [1.29, 1.82) is 0 Å². The molecule has 0 fully saturated rings. The van der Waals surface area contributed by atoms with E-state index in [9.17, 15) is 0 Å². The molecule has 0 aliphatic heterocycles. The maximum atomic E-state index is 5.86. The largest absolute Gasteiger partial charge is 0.324 e. The van der Waals surface area contributed by atoms with Crippen molar-refractivity contribution in [1.82, 2.24) is 9.78 Å². The zero-order valence-electron chi connectivity index (χ0n) is 11.4. The number of nitrogens with zero attached hydrogens (tertiary/aromatic N) is 2. The average Bonchev–Trinajstić information content (AvgIpc) is 2.98. The van der Waals surface area contributed by atoms with E-state index in [0.717, 1.165) is 16.8 Å². The van der Waals surface area contributed by atoms with Gasteiger partial charge < -0.3 is 5.73 Å². The fraction of sp³-hybridized carbons (Fsp3) is 0.118. The Kier molecular flexibility index (Phi) is 3.35. The van der Waals surface area contributed by atoms with Crippen LogP contribution in [0.3, 0.4) is 0 Å². The van der Waals surface area contributed by atoms with E-state index in [1.807, 2.05) is 66.5 Å². The number of aromatic nitrogens is 2.